The van der Waals surface area contributed by atoms with Crippen molar-refractivity contribution >= 4 is 0 Å². The highest BCUT2D eigenvalue weighted by Gasteiger charge is 2.42. The Morgan fingerprint density at radius 3 is 2.78 bits per heavy atom. The highest BCUT2D eigenvalue weighted by Crippen LogP contribution is 2.43. The molecule has 0 bridgehead atoms. The Bertz CT molecular complexity index is 279. The summed E-state index contributed by atoms with van der Waals surface area (Å²) >= 11 is 0. The summed E-state index contributed by atoms with van der Waals surface area (Å²) < 4.78 is 12.0. The molecule has 18 heavy (non-hydrogen) atoms. The quantitative estimate of drug-likeness (QED) is 0.820. The van der Waals surface area contributed by atoms with Gasteiger partial charge in [0.1, 0.15) is 0 Å². The van der Waals surface area contributed by atoms with Crippen LogP contribution in [0.4, 0.5) is 0 Å². The second-order valence-electron chi connectivity index (χ2n) is 6.16. The van der Waals surface area contributed by atoms with E-state index in [4.69, 9.17) is 15.2 Å². The van der Waals surface area contributed by atoms with Crippen molar-refractivity contribution in [3.8, 4) is 0 Å². The van der Waals surface area contributed by atoms with Crippen LogP contribution in [-0.2, 0) is 9.47 Å². The SMILES string of the molecule is NCC1CN(CC2CCC3(CCCC3)O2)CCO1. The van der Waals surface area contributed by atoms with E-state index in [-0.39, 0.29) is 11.7 Å². The molecule has 2 N–H and O–H groups in total. The maximum absolute atomic E-state index is 6.37. The van der Waals surface area contributed by atoms with Crippen molar-refractivity contribution in [2.24, 2.45) is 5.73 Å². The molecule has 1 spiro atoms. The predicted molar refractivity (Wildman–Crippen MR) is 70.5 cm³/mol. The first-order valence-corrected chi connectivity index (χ1v) is 7.51. The van der Waals surface area contributed by atoms with Crippen molar-refractivity contribution in [2.45, 2.75) is 56.3 Å². The third-order valence-electron chi connectivity index (χ3n) is 4.80. The van der Waals surface area contributed by atoms with Gasteiger partial charge < -0.3 is 15.2 Å². The lowest BCUT2D eigenvalue weighted by Gasteiger charge is -2.34. The molecule has 2 atom stereocenters. The highest BCUT2D eigenvalue weighted by molar-refractivity contribution is 4.93. The average Bonchev–Trinajstić information content (AvgIpc) is 3.01. The fraction of sp³-hybridized carbons (Fsp3) is 1.00. The summed E-state index contributed by atoms with van der Waals surface area (Å²) in [4.78, 5) is 2.47. The van der Waals surface area contributed by atoms with Crippen molar-refractivity contribution in [1.29, 1.82) is 0 Å². The van der Waals surface area contributed by atoms with Gasteiger partial charge in [-0.25, -0.2) is 0 Å². The second-order valence-corrected chi connectivity index (χ2v) is 6.16. The number of morpholine rings is 1. The van der Waals surface area contributed by atoms with Crippen LogP contribution in [0.1, 0.15) is 38.5 Å². The van der Waals surface area contributed by atoms with E-state index in [0.717, 1.165) is 26.2 Å². The maximum Gasteiger partial charge on any atom is 0.0824 e. The molecule has 2 heterocycles. The molecule has 0 aromatic heterocycles. The van der Waals surface area contributed by atoms with Gasteiger partial charge in [-0.15, -0.1) is 0 Å². The van der Waals surface area contributed by atoms with Gasteiger partial charge in [0.2, 0.25) is 0 Å². The van der Waals surface area contributed by atoms with Crippen LogP contribution < -0.4 is 5.73 Å². The second kappa shape index (κ2) is 5.45. The summed E-state index contributed by atoms with van der Waals surface area (Å²) in [6.45, 7) is 4.53. The normalized spacial score (nSPS) is 36.5. The lowest BCUT2D eigenvalue weighted by atomic mass is 9.98. The first kappa shape index (κ1) is 12.9. The van der Waals surface area contributed by atoms with E-state index in [9.17, 15) is 0 Å². The standard InChI is InChI=1S/C14H26N2O2/c15-9-13-11-16(7-8-17-13)10-12-3-6-14(18-12)4-1-2-5-14/h12-13H,1-11,15H2. The van der Waals surface area contributed by atoms with Gasteiger partial charge >= 0.3 is 0 Å². The monoisotopic (exact) mass is 254 g/mol. The Balaban J connectivity index is 1.48. The molecule has 1 aliphatic carbocycles. The minimum atomic E-state index is 0.223. The largest absolute Gasteiger partial charge is 0.374 e. The number of ether oxygens (including phenoxy) is 2. The van der Waals surface area contributed by atoms with Crippen LogP contribution in [0.15, 0.2) is 0 Å². The summed E-state index contributed by atoms with van der Waals surface area (Å²) in [5, 5.41) is 0. The van der Waals surface area contributed by atoms with Crippen molar-refractivity contribution in [1.82, 2.24) is 4.90 Å². The lowest BCUT2D eigenvalue weighted by Crippen LogP contribution is -2.48. The summed E-state index contributed by atoms with van der Waals surface area (Å²) in [6.07, 6.45) is 8.49. The smallest absolute Gasteiger partial charge is 0.0824 e. The molecule has 3 fully saturated rings. The van der Waals surface area contributed by atoms with E-state index in [1.165, 1.54) is 38.5 Å². The molecule has 3 aliphatic rings. The number of nitrogens with two attached hydrogens (primary N) is 1. The number of nitrogens with zero attached hydrogens (tertiary/aromatic N) is 1. The fourth-order valence-electron chi connectivity index (χ4n) is 3.79. The van der Waals surface area contributed by atoms with Crippen LogP contribution in [0.5, 0.6) is 0 Å². The Hall–Kier alpha value is -0.160. The van der Waals surface area contributed by atoms with Gasteiger partial charge in [-0.1, -0.05) is 12.8 Å². The molecule has 0 radical (unpaired) electrons. The van der Waals surface area contributed by atoms with E-state index in [1.807, 2.05) is 0 Å². The third-order valence-corrected chi connectivity index (χ3v) is 4.80. The van der Waals surface area contributed by atoms with Gasteiger partial charge in [0, 0.05) is 26.2 Å². The van der Waals surface area contributed by atoms with Gasteiger partial charge in [-0.3, -0.25) is 4.90 Å². The molecule has 4 nitrogen and oxygen atoms in total. The molecule has 2 aliphatic heterocycles. The molecule has 0 aromatic rings. The van der Waals surface area contributed by atoms with Gasteiger partial charge in [-0.2, -0.15) is 0 Å². The van der Waals surface area contributed by atoms with Crippen LogP contribution in [0.25, 0.3) is 0 Å². The van der Waals surface area contributed by atoms with E-state index < -0.39 is 0 Å². The minimum Gasteiger partial charge on any atom is -0.374 e. The van der Waals surface area contributed by atoms with Crippen LogP contribution in [0.3, 0.4) is 0 Å². The molecule has 4 heteroatoms. The van der Waals surface area contributed by atoms with Crippen LogP contribution in [-0.4, -0.2) is 55.5 Å². The zero-order chi connectivity index (χ0) is 12.4. The van der Waals surface area contributed by atoms with Gasteiger partial charge in [0.25, 0.3) is 0 Å². The van der Waals surface area contributed by atoms with Crippen molar-refractivity contribution in [3.63, 3.8) is 0 Å². The lowest BCUT2D eigenvalue weighted by molar-refractivity contribution is -0.0711. The van der Waals surface area contributed by atoms with E-state index >= 15 is 0 Å². The molecule has 2 unspecified atom stereocenters. The molecule has 2 saturated heterocycles. The summed E-state index contributed by atoms with van der Waals surface area (Å²) in [5.41, 5.74) is 5.95. The molecule has 1 saturated carbocycles. The first-order valence-electron chi connectivity index (χ1n) is 7.51. The Labute approximate surface area is 110 Å². The van der Waals surface area contributed by atoms with Crippen molar-refractivity contribution in [2.75, 3.05) is 32.8 Å². The molecule has 0 aromatic carbocycles. The average molecular weight is 254 g/mol. The molecule has 104 valence electrons. The minimum absolute atomic E-state index is 0.223. The van der Waals surface area contributed by atoms with E-state index in [2.05, 4.69) is 4.90 Å². The highest BCUT2D eigenvalue weighted by atomic mass is 16.5. The summed E-state index contributed by atoms with van der Waals surface area (Å²) in [5.74, 6) is 0. The van der Waals surface area contributed by atoms with Gasteiger partial charge in [0.05, 0.1) is 24.4 Å². The van der Waals surface area contributed by atoms with Crippen LogP contribution in [0, 0.1) is 0 Å². The maximum atomic E-state index is 6.37. The number of hydrogen-bond donors (Lipinski definition) is 1. The number of hydrogen-bond acceptors (Lipinski definition) is 4. The van der Waals surface area contributed by atoms with Crippen molar-refractivity contribution in [3.05, 3.63) is 0 Å². The predicted octanol–water partition coefficient (Wildman–Crippen LogP) is 1.14. The Morgan fingerprint density at radius 1 is 1.17 bits per heavy atom. The van der Waals surface area contributed by atoms with Crippen LogP contribution in [0.2, 0.25) is 0 Å². The molecule has 3 rings (SSSR count). The summed E-state index contributed by atoms with van der Waals surface area (Å²) in [7, 11) is 0. The Morgan fingerprint density at radius 2 is 2.00 bits per heavy atom. The molecule has 0 amide bonds. The summed E-state index contributed by atoms with van der Waals surface area (Å²) in [6, 6.07) is 0. The van der Waals surface area contributed by atoms with Gasteiger partial charge in [-0.05, 0) is 25.7 Å². The molecular formula is C14H26N2O2. The van der Waals surface area contributed by atoms with Crippen molar-refractivity contribution < 1.29 is 9.47 Å². The fourth-order valence-corrected chi connectivity index (χ4v) is 3.79. The topological polar surface area (TPSA) is 47.7 Å². The Kier molecular flexibility index (Phi) is 3.89. The third kappa shape index (κ3) is 2.72. The number of rotatable bonds is 3. The van der Waals surface area contributed by atoms with E-state index in [0.29, 0.717) is 12.6 Å². The zero-order valence-electron chi connectivity index (χ0n) is 11.3. The first-order chi connectivity index (χ1) is 8.80. The van der Waals surface area contributed by atoms with E-state index in [1.54, 1.807) is 0 Å². The van der Waals surface area contributed by atoms with Gasteiger partial charge in [0.15, 0.2) is 0 Å². The van der Waals surface area contributed by atoms with Crippen LogP contribution >= 0.6 is 0 Å². The molecular weight excluding hydrogens is 228 g/mol. The zero-order valence-corrected chi connectivity index (χ0v) is 11.3.